The average Bonchev–Trinajstić information content (AvgIpc) is 2.29. The van der Waals surface area contributed by atoms with E-state index in [1.165, 1.54) is 5.56 Å². The Morgan fingerprint density at radius 2 is 1.59 bits per heavy atom. The van der Waals surface area contributed by atoms with Gasteiger partial charge in [-0.2, -0.15) is 0 Å². The van der Waals surface area contributed by atoms with Gasteiger partial charge in [0.15, 0.2) is 0 Å². The molecule has 0 spiro atoms. The number of aryl methyl sites for hydroxylation is 1. The minimum Gasteiger partial charge on any atom is -0.318 e. The van der Waals surface area contributed by atoms with E-state index in [0.717, 1.165) is 11.1 Å². The second kappa shape index (κ2) is 4.52. The van der Waals surface area contributed by atoms with Crippen LogP contribution in [0.25, 0.3) is 0 Å². The average molecular weight is 246 g/mol. The molecular formula is C15H16ClN. The molecule has 0 aliphatic rings. The topological polar surface area (TPSA) is 26.0 Å². The van der Waals surface area contributed by atoms with Crippen LogP contribution in [0.15, 0.2) is 48.5 Å². The third-order valence-electron chi connectivity index (χ3n) is 3.04. The summed E-state index contributed by atoms with van der Waals surface area (Å²) in [4.78, 5) is 0. The van der Waals surface area contributed by atoms with Gasteiger partial charge in [0.2, 0.25) is 0 Å². The Morgan fingerprint density at radius 3 is 2.18 bits per heavy atom. The van der Waals surface area contributed by atoms with Crippen molar-refractivity contribution in [1.82, 2.24) is 0 Å². The fraction of sp³-hybridized carbons (Fsp3) is 0.200. The van der Waals surface area contributed by atoms with E-state index in [-0.39, 0.29) is 0 Å². The van der Waals surface area contributed by atoms with Crippen molar-refractivity contribution in [2.75, 3.05) is 0 Å². The zero-order valence-electron chi connectivity index (χ0n) is 10.1. The summed E-state index contributed by atoms with van der Waals surface area (Å²) in [5.41, 5.74) is 9.25. The van der Waals surface area contributed by atoms with Crippen LogP contribution in [0.4, 0.5) is 0 Å². The lowest BCUT2D eigenvalue weighted by Crippen LogP contribution is -2.34. The quantitative estimate of drug-likeness (QED) is 0.854. The van der Waals surface area contributed by atoms with Gasteiger partial charge in [-0.05, 0) is 37.1 Å². The Hall–Kier alpha value is -1.31. The summed E-state index contributed by atoms with van der Waals surface area (Å²) in [7, 11) is 0. The first-order valence-electron chi connectivity index (χ1n) is 5.62. The maximum Gasteiger partial charge on any atom is 0.0637 e. The van der Waals surface area contributed by atoms with E-state index in [4.69, 9.17) is 17.3 Å². The summed E-state index contributed by atoms with van der Waals surface area (Å²) < 4.78 is 0. The van der Waals surface area contributed by atoms with Gasteiger partial charge in [0.1, 0.15) is 0 Å². The van der Waals surface area contributed by atoms with Crippen LogP contribution in [0.3, 0.4) is 0 Å². The summed E-state index contributed by atoms with van der Waals surface area (Å²) >= 11 is 6.01. The minimum atomic E-state index is -0.517. The molecule has 0 bridgehead atoms. The molecule has 0 amide bonds. The van der Waals surface area contributed by atoms with Crippen molar-refractivity contribution in [3.8, 4) is 0 Å². The Balaban J connectivity index is 2.49. The molecule has 2 aromatic carbocycles. The fourth-order valence-corrected chi connectivity index (χ4v) is 2.14. The smallest absolute Gasteiger partial charge is 0.0637 e. The molecule has 2 heteroatoms. The predicted octanol–water partition coefficient (Wildman–Crippen LogP) is 3.87. The first kappa shape index (κ1) is 12.2. The van der Waals surface area contributed by atoms with E-state index in [9.17, 15) is 0 Å². The van der Waals surface area contributed by atoms with Gasteiger partial charge in [-0.3, -0.25) is 0 Å². The Bertz CT molecular complexity index is 484. The fourth-order valence-electron chi connectivity index (χ4n) is 1.95. The molecule has 2 rings (SSSR count). The molecule has 2 aromatic rings. The molecule has 17 heavy (non-hydrogen) atoms. The molecule has 1 unspecified atom stereocenters. The Kier molecular flexibility index (Phi) is 3.23. The van der Waals surface area contributed by atoms with Crippen molar-refractivity contribution in [2.45, 2.75) is 19.4 Å². The predicted molar refractivity (Wildman–Crippen MR) is 73.3 cm³/mol. The van der Waals surface area contributed by atoms with E-state index in [2.05, 4.69) is 19.1 Å². The molecule has 0 saturated heterocycles. The molecular weight excluding hydrogens is 230 g/mol. The molecule has 1 nitrogen and oxygen atoms in total. The van der Waals surface area contributed by atoms with Gasteiger partial charge >= 0.3 is 0 Å². The summed E-state index contributed by atoms with van der Waals surface area (Å²) in [5, 5.41) is 0.715. The van der Waals surface area contributed by atoms with E-state index in [1.54, 1.807) is 0 Å². The number of hydrogen-bond donors (Lipinski definition) is 1. The first-order chi connectivity index (χ1) is 8.00. The van der Waals surface area contributed by atoms with Gasteiger partial charge in [0, 0.05) is 5.02 Å². The molecule has 88 valence electrons. The highest BCUT2D eigenvalue weighted by atomic mass is 35.5. The van der Waals surface area contributed by atoms with Gasteiger partial charge in [-0.15, -0.1) is 0 Å². The maximum atomic E-state index is 6.44. The van der Waals surface area contributed by atoms with Gasteiger partial charge in [-0.25, -0.2) is 0 Å². The van der Waals surface area contributed by atoms with Crippen LogP contribution in [-0.2, 0) is 5.54 Å². The van der Waals surface area contributed by atoms with Gasteiger partial charge < -0.3 is 5.73 Å². The Labute approximate surface area is 107 Å². The van der Waals surface area contributed by atoms with Gasteiger partial charge in [0.25, 0.3) is 0 Å². The largest absolute Gasteiger partial charge is 0.318 e. The van der Waals surface area contributed by atoms with Crippen molar-refractivity contribution in [3.05, 3.63) is 70.2 Å². The summed E-state index contributed by atoms with van der Waals surface area (Å²) in [5.74, 6) is 0. The SMILES string of the molecule is Cc1cccc(C(C)(N)c2cccc(Cl)c2)c1. The molecule has 0 saturated carbocycles. The lowest BCUT2D eigenvalue weighted by molar-refractivity contribution is 0.602. The van der Waals surface area contributed by atoms with Crippen molar-refractivity contribution >= 4 is 11.6 Å². The highest BCUT2D eigenvalue weighted by Crippen LogP contribution is 2.28. The standard InChI is InChI=1S/C15H16ClN/c1-11-5-3-6-12(9-11)15(2,17)13-7-4-8-14(16)10-13/h3-10H,17H2,1-2H3. The number of rotatable bonds is 2. The highest BCUT2D eigenvalue weighted by molar-refractivity contribution is 6.30. The van der Waals surface area contributed by atoms with Crippen LogP contribution in [-0.4, -0.2) is 0 Å². The molecule has 2 N–H and O–H groups in total. The summed E-state index contributed by atoms with van der Waals surface area (Å²) in [6.07, 6.45) is 0. The normalized spacial score (nSPS) is 14.4. The molecule has 0 heterocycles. The number of benzene rings is 2. The molecule has 1 atom stereocenters. The molecule has 0 aliphatic carbocycles. The molecule has 0 radical (unpaired) electrons. The van der Waals surface area contributed by atoms with Crippen LogP contribution < -0.4 is 5.73 Å². The van der Waals surface area contributed by atoms with Crippen molar-refractivity contribution in [1.29, 1.82) is 0 Å². The van der Waals surface area contributed by atoms with Crippen LogP contribution in [0.5, 0.6) is 0 Å². The molecule has 0 aliphatic heterocycles. The van der Waals surface area contributed by atoms with E-state index >= 15 is 0 Å². The number of halogens is 1. The zero-order valence-corrected chi connectivity index (χ0v) is 10.8. The summed E-state index contributed by atoms with van der Waals surface area (Å²) in [6.45, 7) is 4.07. The van der Waals surface area contributed by atoms with Crippen LogP contribution in [0.1, 0.15) is 23.6 Å². The van der Waals surface area contributed by atoms with Crippen LogP contribution in [0.2, 0.25) is 5.02 Å². The summed E-state index contributed by atoms with van der Waals surface area (Å²) in [6, 6.07) is 16.0. The third kappa shape index (κ3) is 2.51. The number of nitrogens with two attached hydrogens (primary N) is 1. The van der Waals surface area contributed by atoms with E-state index in [0.29, 0.717) is 5.02 Å². The molecule has 0 aromatic heterocycles. The minimum absolute atomic E-state index is 0.517. The second-order valence-electron chi connectivity index (χ2n) is 4.58. The Morgan fingerprint density at radius 1 is 1.00 bits per heavy atom. The monoisotopic (exact) mass is 245 g/mol. The lowest BCUT2D eigenvalue weighted by atomic mass is 9.85. The van der Waals surface area contributed by atoms with Crippen LogP contribution in [0, 0.1) is 6.92 Å². The van der Waals surface area contributed by atoms with Crippen molar-refractivity contribution < 1.29 is 0 Å². The zero-order chi connectivity index (χ0) is 12.5. The lowest BCUT2D eigenvalue weighted by Gasteiger charge is -2.26. The maximum absolute atomic E-state index is 6.44. The molecule has 0 fully saturated rings. The van der Waals surface area contributed by atoms with Crippen molar-refractivity contribution in [3.63, 3.8) is 0 Å². The van der Waals surface area contributed by atoms with Gasteiger partial charge in [0.05, 0.1) is 5.54 Å². The second-order valence-corrected chi connectivity index (χ2v) is 5.02. The number of hydrogen-bond acceptors (Lipinski definition) is 1. The van der Waals surface area contributed by atoms with E-state index < -0.39 is 5.54 Å². The van der Waals surface area contributed by atoms with Gasteiger partial charge in [-0.1, -0.05) is 53.6 Å². The highest BCUT2D eigenvalue weighted by Gasteiger charge is 2.23. The van der Waals surface area contributed by atoms with E-state index in [1.807, 2.05) is 43.3 Å². The first-order valence-corrected chi connectivity index (χ1v) is 6.00. The van der Waals surface area contributed by atoms with Crippen molar-refractivity contribution in [2.24, 2.45) is 5.73 Å². The van der Waals surface area contributed by atoms with Crippen LogP contribution >= 0.6 is 11.6 Å². The third-order valence-corrected chi connectivity index (χ3v) is 3.28.